The fraction of sp³-hybridized carbons (Fsp3) is 0.600. The summed E-state index contributed by atoms with van der Waals surface area (Å²) in [6.45, 7) is 8.00. The van der Waals surface area contributed by atoms with E-state index in [-0.39, 0.29) is 17.4 Å². The van der Waals surface area contributed by atoms with Gasteiger partial charge in [0.15, 0.2) is 0 Å². The number of amides is 1. The predicted molar refractivity (Wildman–Crippen MR) is 101 cm³/mol. The molecule has 0 atom stereocenters. The highest BCUT2D eigenvalue weighted by molar-refractivity contribution is 5.91. The number of nitriles is 1. The Hall–Kier alpha value is -2.06. The quantitative estimate of drug-likeness (QED) is 0.855. The van der Waals surface area contributed by atoms with E-state index in [9.17, 15) is 15.2 Å². The lowest BCUT2D eigenvalue weighted by molar-refractivity contribution is -0.116. The first-order valence-electron chi connectivity index (χ1n) is 9.05. The van der Waals surface area contributed by atoms with Crippen molar-refractivity contribution >= 4 is 17.3 Å². The molecule has 25 heavy (non-hydrogen) atoms. The number of hydrogen-bond donors (Lipinski definition) is 2. The summed E-state index contributed by atoms with van der Waals surface area (Å²) in [7, 11) is 0. The lowest BCUT2D eigenvalue weighted by atomic mass is 9.90. The Kier molecular flexibility index (Phi) is 6.44. The van der Waals surface area contributed by atoms with E-state index in [1.54, 1.807) is 6.07 Å². The second-order valence-corrected chi connectivity index (χ2v) is 8.02. The molecule has 0 aromatic heterocycles. The summed E-state index contributed by atoms with van der Waals surface area (Å²) in [5, 5.41) is 22.0. The van der Waals surface area contributed by atoms with Gasteiger partial charge >= 0.3 is 0 Å². The molecule has 1 saturated heterocycles. The fourth-order valence-electron chi connectivity index (χ4n) is 3.09. The van der Waals surface area contributed by atoms with E-state index in [0.717, 1.165) is 44.5 Å². The van der Waals surface area contributed by atoms with Gasteiger partial charge in [0, 0.05) is 25.2 Å². The number of nitrogens with zero attached hydrogens (tertiary/aromatic N) is 2. The molecule has 1 heterocycles. The third-order valence-electron chi connectivity index (χ3n) is 4.54. The maximum absolute atomic E-state index is 12.1. The van der Waals surface area contributed by atoms with Gasteiger partial charge in [0.2, 0.25) is 5.91 Å². The second kappa shape index (κ2) is 8.35. The second-order valence-electron chi connectivity index (χ2n) is 8.02. The average Bonchev–Trinajstić information content (AvgIpc) is 2.54. The maximum atomic E-state index is 12.1. The molecule has 136 valence electrons. The van der Waals surface area contributed by atoms with Gasteiger partial charge in [-0.25, -0.2) is 0 Å². The molecule has 1 fully saturated rings. The Balaban J connectivity index is 1.97. The van der Waals surface area contributed by atoms with Gasteiger partial charge in [-0.1, -0.05) is 20.8 Å². The van der Waals surface area contributed by atoms with E-state index >= 15 is 0 Å². The number of nitrogens with one attached hydrogen (secondary N) is 1. The normalized spacial score (nSPS) is 15.7. The van der Waals surface area contributed by atoms with Crippen molar-refractivity contribution in [3.05, 3.63) is 23.8 Å². The summed E-state index contributed by atoms with van der Waals surface area (Å²) >= 11 is 0. The standard InChI is InChI=1S/C20H29N3O2/c1-20(2,3)10-4-5-19(25)22-16-6-7-18(15(13-16)14-21)23-11-8-17(24)9-12-23/h6-7,13,17,24H,4-5,8-12H2,1-3H3,(H,22,25). The highest BCUT2D eigenvalue weighted by atomic mass is 16.3. The number of anilines is 2. The van der Waals surface area contributed by atoms with Gasteiger partial charge < -0.3 is 15.3 Å². The maximum Gasteiger partial charge on any atom is 0.224 e. The van der Waals surface area contributed by atoms with Crippen LogP contribution in [0.1, 0.15) is 58.4 Å². The average molecular weight is 343 g/mol. The molecule has 0 aliphatic carbocycles. The van der Waals surface area contributed by atoms with E-state index < -0.39 is 0 Å². The van der Waals surface area contributed by atoms with E-state index in [1.165, 1.54) is 0 Å². The SMILES string of the molecule is CC(C)(C)CCCC(=O)Nc1ccc(N2CCC(O)CC2)c(C#N)c1. The number of benzene rings is 1. The van der Waals surface area contributed by atoms with Crippen LogP contribution in [0.3, 0.4) is 0 Å². The molecular weight excluding hydrogens is 314 g/mol. The summed E-state index contributed by atoms with van der Waals surface area (Å²) in [5.74, 6) is -0.0121. The van der Waals surface area contributed by atoms with Gasteiger partial charge in [0.05, 0.1) is 17.4 Å². The largest absolute Gasteiger partial charge is 0.393 e. The summed E-state index contributed by atoms with van der Waals surface area (Å²) < 4.78 is 0. The zero-order valence-electron chi connectivity index (χ0n) is 15.5. The molecule has 5 heteroatoms. The van der Waals surface area contributed by atoms with E-state index in [2.05, 4.69) is 37.1 Å². The predicted octanol–water partition coefficient (Wildman–Crippen LogP) is 3.67. The number of piperidine rings is 1. The van der Waals surface area contributed by atoms with Gasteiger partial charge in [0.25, 0.3) is 0 Å². The molecule has 0 radical (unpaired) electrons. The van der Waals surface area contributed by atoms with Crippen LogP contribution >= 0.6 is 0 Å². The first-order chi connectivity index (χ1) is 11.8. The molecule has 0 spiro atoms. The highest BCUT2D eigenvalue weighted by Crippen LogP contribution is 2.27. The molecule has 1 aliphatic heterocycles. The Morgan fingerprint density at radius 2 is 2.04 bits per heavy atom. The van der Waals surface area contributed by atoms with Crippen LogP contribution in [0.15, 0.2) is 18.2 Å². The van der Waals surface area contributed by atoms with Crippen LogP contribution in [-0.2, 0) is 4.79 Å². The van der Waals surface area contributed by atoms with Crippen LogP contribution < -0.4 is 10.2 Å². The van der Waals surface area contributed by atoms with Gasteiger partial charge in [-0.3, -0.25) is 4.79 Å². The van der Waals surface area contributed by atoms with Crippen molar-refractivity contribution in [3.63, 3.8) is 0 Å². The number of aliphatic hydroxyl groups is 1. The van der Waals surface area contributed by atoms with Crippen molar-refractivity contribution < 1.29 is 9.90 Å². The van der Waals surface area contributed by atoms with Crippen molar-refractivity contribution in [2.45, 2.75) is 59.0 Å². The van der Waals surface area contributed by atoms with Gasteiger partial charge in [0.1, 0.15) is 6.07 Å². The highest BCUT2D eigenvalue weighted by Gasteiger charge is 2.20. The summed E-state index contributed by atoms with van der Waals surface area (Å²) in [5.41, 5.74) is 2.33. The Morgan fingerprint density at radius 3 is 2.64 bits per heavy atom. The zero-order valence-corrected chi connectivity index (χ0v) is 15.5. The van der Waals surface area contributed by atoms with Crippen LogP contribution in [0.2, 0.25) is 0 Å². The number of hydrogen-bond acceptors (Lipinski definition) is 4. The minimum atomic E-state index is -0.242. The molecule has 5 nitrogen and oxygen atoms in total. The van der Waals surface area contributed by atoms with E-state index in [0.29, 0.717) is 17.7 Å². The first kappa shape index (κ1) is 19.3. The molecule has 0 bridgehead atoms. The van der Waals surface area contributed by atoms with E-state index in [1.807, 2.05) is 12.1 Å². The fourth-order valence-corrected chi connectivity index (χ4v) is 3.09. The summed E-state index contributed by atoms with van der Waals surface area (Å²) in [4.78, 5) is 14.2. The molecule has 2 rings (SSSR count). The zero-order chi connectivity index (χ0) is 18.4. The van der Waals surface area contributed by atoms with Gasteiger partial charge in [-0.05, 0) is 49.3 Å². The smallest absolute Gasteiger partial charge is 0.224 e. The molecule has 1 aromatic carbocycles. The Labute approximate surface area is 150 Å². The van der Waals surface area contributed by atoms with Crippen LogP contribution in [0.5, 0.6) is 0 Å². The molecule has 0 saturated carbocycles. The minimum absolute atomic E-state index is 0.0121. The lowest BCUT2D eigenvalue weighted by Crippen LogP contribution is -2.36. The van der Waals surface area contributed by atoms with Gasteiger partial charge in [-0.15, -0.1) is 0 Å². The topological polar surface area (TPSA) is 76.4 Å². The summed E-state index contributed by atoms with van der Waals surface area (Å²) in [6, 6.07) is 7.70. The van der Waals surface area contributed by atoms with Crippen molar-refractivity contribution in [2.75, 3.05) is 23.3 Å². The number of carbonyl (C=O) groups is 1. The third-order valence-corrected chi connectivity index (χ3v) is 4.54. The first-order valence-corrected chi connectivity index (χ1v) is 9.05. The molecule has 1 aliphatic rings. The minimum Gasteiger partial charge on any atom is -0.393 e. The van der Waals surface area contributed by atoms with Crippen LogP contribution in [-0.4, -0.2) is 30.2 Å². The molecule has 1 amide bonds. The van der Waals surface area contributed by atoms with Crippen LogP contribution in [0.25, 0.3) is 0 Å². The van der Waals surface area contributed by atoms with Crippen LogP contribution in [0.4, 0.5) is 11.4 Å². The molecular formula is C20H29N3O2. The van der Waals surface area contributed by atoms with Crippen molar-refractivity contribution in [3.8, 4) is 6.07 Å². The van der Waals surface area contributed by atoms with Crippen molar-refractivity contribution in [1.82, 2.24) is 0 Å². The van der Waals surface area contributed by atoms with Crippen LogP contribution in [0, 0.1) is 16.7 Å². The number of rotatable bonds is 5. The molecule has 2 N–H and O–H groups in total. The molecule has 0 unspecified atom stereocenters. The Morgan fingerprint density at radius 1 is 1.36 bits per heavy atom. The van der Waals surface area contributed by atoms with E-state index in [4.69, 9.17) is 0 Å². The van der Waals surface area contributed by atoms with Crippen molar-refractivity contribution in [2.24, 2.45) is 5.41 Å². The Bertz CT molecular complexity index is 635. The molecule has 1 aromatic rings. The number of carbonyl (C=O) groups excluding carboxylic acids is 1. The van der Waals surface area contributed by atoms with Crippen molar-refractivity contribution in [1.29, 1.82) is 5.26 Å². The third kappa shape index (κ3) is 6.06. The lowest BCUT2D eigenvalue weighted by Gasteiger charge is -2.32. The monoisotopic (exact) mass is 343 g/mol. The summed E-state index contributed by atoms with van der Waals surface area (Å²) in [6.07, 6.45) is 3.55. The number of aliphatic hydroxyl groups excluding tert-OH is 1. The van der Waals surface area contributed by atoms with Gasteiger partial charge in [-0.2, -0.15) is 5.26 Å².